The number of nitrogens with zero attached hydrogens (tertiary/aromatic N) is 2. The molecule has 10 aromatic rings. The lowest BCUT2D eigenvalue weighted by Gasteiger charge is -2.26. The van der Waals surface area contributed by atoms with E-state index in [0.29, 0.717) is 5.89 Å². The Morgan fingerprint density at radius 2 is 1.06 bits per heavy atom. The van der Waals surface area contributed by atoms with Crippen LogP contribution in [0.1, 0.15) is 0 Å². The third kappa shape index (κ3) is 4.49. The van der Waals surface area contributed by atoms with Crippen molar-refractivity contribution in [2.45, 2.75) is 0 Å². The van der Waals surface area contributed by atoms with Crippen molar-refractivity contribution in [2.24, 2.45) is 0 Å². The van der Waals surface area contributed by atoms with E-state index in [1.165, 1.54) is 11.1 Å². The molecule has 0 saturated heterocycles. The molecule has 4 nitrogen and oxygen atoms in total. The summed E-state index contributed by atoms with van der Waals surface area (Å²) < 4.78 is 12.7. The summed E-state index contributed by atoms with van der Waals surface area (Å²) in [6.07, 6.45) is 0. The molecule has 0 fully saturated rings. The lowest BCUT2D eigenvalue weighted by Crippen LogP contribution is -2.09. The van der Waals surface area contributed by atoms with Gasteiger partial charge in [0, 0.05) is 44.9 Å². The maximum Gasteiger partial charge on any atom is 0.227 e. The van der Waals surface area contributed by atoms with Gasteiger partial charge in [0.2, 0.25) is 5.89 Å². The number of rotatable bonds is 5. The van der Waals surface area contributed by atoms with Crippen LogP contribution in [0.2, 0.25) is 0 Å². The highest BCUT2D eigenvalue weighted by atomic mass is 16.3. The highest BCUT2D eigenvalue weighted by Crippen LogP contribution is 2.44. The monoisotopic (exact) mass is 628 g/mol. The topological polar surface area (TPSA) is 42.4 Å². The Morgan fingerprint density at radius 1 is 0.408 bits per heavy atom. The zero-order chi connectivity index (χ0) is 32.3. The molecule has 0 saturated carbocycles. The predicted octanol–water partition coefficient (Wildman–Crippen LogP) is 12.8. The van der Waals surface area contributed by atoms with Crippen molar-refractivity contribution >= 4 is 71.6 Å². The van der Waals surface area contributed by atoms with E-state index in [2.05, 4.69) is 126 Å². The van der Waals surface area contributed by atoms with Crippen molar-refractivity contribution in [1.29, 1.82) is 0 Å². The van der Waals surface area contributed by atoms with Gasteiger partial charge in [-0.3, -0.25) is 0 Å². The number of para-hydroxylation sites is 2. The van der Waals surface area contributed by atoms with Crippen molar-refractivity contribution in [3.63, 3.8) is 0 Å². The van der Waals surface area contributed by atoms with Crippen LogP contribution in [0.15, 0.2) is 179 Å². The summed E-state index contributed by atoms with van der Waals surface area (Å²) in [7, 11) is 0. The molecule has 2 aromatic heterocycles. The smallest absolute Gasteiger partial charge is 0.227 e. The summed E-state index contributed by atoms with van der Waals surface area (Å²) in [5.74, 6) is 0.615. The zero-order valence-corrected chi connectivity index (χ0v) is 26.4. The van der Waals surface area contributed by atoms with Crippen molar-refractivity contribution in [3.05, 3.63) is 170 Å². The third-order valence-electron chi connectivity index (χ3n) is 9.45. The fraction of sp³-hybridized carbons (Fsp3) is 0. The van der Waals surface area contributed by atoms with Gasteiger partial charge in [-0.25, -0.2) is 4.98 Å². The molecule has 4 heteroatoms. The van der Waals surface area contributed by atoms with E-state index < -0.39 is 0 Å². The molecular weight excluding hydrogens is 601 g/mol. The maximum absolute atomic E-state index is 6.38. The van der Waals surface area contributed by atoms with Crippen LogP contribution in [-0.2, 0) is 0 Å². The van der Waals surface area contributed by atoms with Crippen LogP contribution in [0.3, 0.4) is 0 Å². The average Bonchev–Trinajstić information content (AvgIpc) is 3.77. The lowest BCUT2D eigenvalue weighted by atomic mass is 9.92. The second kappa shape index (κ2) is 11.0. The molecule has 0 aliphatic rings. The summed E-state index contributed by atoms with van der Waals surface area (Å²) in [4.78, 5) is 7.41. The SMILES string of the molecule is c1ccc(-c2nc3c(ccc4cc(-c5ccccc5)c5ccc(N(c6ccccc6)c6ccc7c(c6)oc6ccccc67)cc5c43)o2)cc1. The third-order valence-corrected chi connectivity index (χ3v) is 9.45. The van der Waals surface area contributed by atoms with Crippen LogP contribution in [0.25, 0.3) is 77.2 Å². The molecule has 49 heavy (non-hydrogen) atoms. The van der Waals surface area contributed by atoms with Gasteiger partial charge in [0.15, 0.2) is 5.58 Å². The van der Waals surface area contributed by atoms with E-state index in [-0.39, 0.29) is 0 Å². The number of oxazole rings is 1. The van der Waals surface area contributed by atoms with Crippen LogP contribution >= 0.6 is 0 Å². The van der Waals surface area contributed by atoms with Crippen molar-refractivity contribution < 1.29 is 8.83 Å². The van der Waals surface area contributed by atoms with Crippen LogP contribution in [-0.4, -0.2) is 4.98 Å². The van der Waals surface area contributed by atoms with Crippen LogP contribution in [0.5, 0.6) is 0 Å². The fourth-order valence-electron chi connectivity index (χ4n) is 7.20. The van der Waals surface area contributed by atoms with Gasteiger partial charge in [-0.2, -0.15) is 0 Å². The Bertz CT molecular complexity index is 2820. The number of hydrogen-bond acceptors (Lipinski definition) is 4. The number of fused-ring (bicyclic) bond motifs is 8. The molecule has 0 amide bonds. The first kappa shape index (κ1) is 27.5. The summed E-state index contributed by atoms with van der Waals surface area (Å²) in [6.45, 7) is 0. The lowest BCUT2D eigenvalue weighted by molar-refractivity contribution is 0.620. The quantitative estimate of drug-likeness (QED) is 0.178. The van der Waals surface area contributed by atoms with Gasteiger partial charge in [0.1, 0.15) is 16.7 Å². The highest BCUT2D eigenvalue weighted by Gasteiger charge is 2.20. The molecule has 10 rings (SSSR count). The molecule has 0 N–H and O–H groups in total. The first-order chi connectivity index (χ1) is 24.3. The highest BCUT2D eigenvalue weighted by molar-refractivity contribution is 6.22. The molecule has 0 aliphatic carbocycles. The molecule has 0 unspecified atom stereocenters. The Balaban J connectivity index is 1.25. The van der Waals surface area contributed by atoms with E-state index in [1.807, 2.05) is 48.5 Å². The molecule has 2 heterocycles. The minimum atomic E-state index is 0.615. The minimum absolute atomic E-state index is 0.615. The van der Waals surface area contributed by atoms with Gasteiger partial charge in [-0.05, 0) is 94.0 Å². The van der Waals surface area contributed by atoms with Crippen LogP contribution in [0.4, 0.5) is 17.1 Å². The molecule has 0 atom stereocenters. The molecule has 8 aromatic carbocycles. The molecule has 0 bridgehead atoms. The van der Waals surface area contributed by atoms with Gasteiger partial charge < -0.3 is 13.7 Å². The molecule has 0 spiro atoms. The van der Waals surface area contributed by atoms with Gasteiger partial charge >= 0.3 is 0 Å². The number of furan rings is 1. The van der Waals surface area contributed by atoms with Gasteiger partial charge in [-0.1, -0.05) is 97.1 Å². The van der Waals surface area contributed by atoms with Crippen LogP contribution in [0, 0.1) is 0 Å². The first-order valence-corrected chi connectivity index (χ1v) is 16.5. The minimum Gasteiger partial charge on any atom is -0.456 e. The molecule has 0 radical (unpaired) electrons. The fourth-order valence-corrected chi connectivity index (χ4v) is 7.20. The molecule has 230 valence electrons. The summed E-state index contributed by atoms with van der Waals surface area (Å²) in [5.41, 5.74) is 9.76. The van der Waals surface area contributed by atoms with Crippen molar-refractivity contribution in [1.82, 2.24) is 4.98 Å². The van der Waals surface area contributed by atoms with Crippen molar-refractivity contribution in [2.75, 3.05) is 4.90 Å². The number of hydrogen-bond donors (Lipinski definition) is 0. The number of anilines is 3. The van der Waals surface area contributed by atoms with E-state index in [4.69, 9.17) is 13.8 Å². The largest absolute Gasteiger partial charge is 0.456 e. The Hall–Kier alpha value is -6.65. The summed E-state index contributed by atoms with van der Waals surface area (Å²) in [5, 5.41) is 6.66. The Labute approximate surface area is 282 Å². The second-order valence-corrected chi connectivity index (χ2v) is 12.4. The zero-order valence-electron chi connectivity index (χ0n) is 26.4. The molecule has 0 aliphatic heterocycles. The van der Waals surface area contributed by atoms with Crippen molar-refractivity contribution in [3.8, 4) is 22.6 Å². The molecular formula is C45H28N2O2. The maximum atomic E-state index is 6.38. The standard InChI is InChI=1S/C45H28N2O2/c1-4-12-29(13-5-1)38-26-31-20-25-41-44(46-45(49-41)30-14-6-2-7-15-30)43(31)39-27-33(21-23-35(38)39)47(32-16-8-3-9-17-32)34-22-24-37-36-18-10-11-19-40(36)48-42(37)28-34/h1-28H. The number of benzene rings is 8. The number of aromatic nitrogens is 1. The van der Waals surface area contributed by atoms with Crippen LogP contribution < -0.4 is 4.90 Å². The summed E-state index contributed by atoms with van der Waals surface area (Å²) in [6, 6.07) is 59.2. The normalized spacial score (nSPS) is 11.7. The van der Waals surface area contributed by atoms with Gasteiger partial charge in [0.05, 0.1) is 0 Å². The van der Waals surface area contributed by atoms with E-state index in [9.17, 15) is 0 Å². The average molecular weight is 629 g/mol. The Morgan fingerprint density at radius 3 is 1.86 bits per heavy atom. The first-order valence-electron chi connectivity index (χ1n) is 16.5. The summed E-state index contributed by atoms with van der Waals surface area (Å²) >= 11 is 0. The van der Waals surface area contributed by atoms with E-state index in [1.54, 1.807) is 0 Å². The van der Waals surface area contributed by atoms with Gasteiger partial charge in [-0.15, -0.1) is 0 Å². The van der Waals surface area contributed by atoms with E-state index in [0.717, 1.165) is 77.2 Å². The van der Waals surface area contributed by atoms with Gasteiger partial charge in [0.25, 0.3) is 0 Å². The predicted molar refractivity (Wildman–Crippen MR) is 202 cm³/mol. The second-order valence-electron chi connectivity index (χ2n) is 12.4. The van der Waals surface area contributed by atoms with E-state index >= 15 is 0 Å². The Kier molecular flexibility index (Phi) is 6.15.